The molecule has 0 aliphatic heterocycles. The average Bonchev–Trinajstić information content (AvgIpc) is 1.88. The zero-order chi connectivity index (χ0) is 6.83. The lowest BCUT2D eigenvalue weighted by atomic mass is 10.7. The Morgan fingerprint density at radius 3 is 1.50 bits per heavy atom. The van der Waals surface area contributed by atoms with Crippen molar-refractivity contribution in [2.75, 3.05) is 13.7 Å². The summed E-state index contributed by atoms with van der Waals surface area (Å²) < 4.78 is 4.54. The second-order valence-corrected chi connectivity index (χ2v) is 1.08. The van der Waals surface area contributed by atoms with E-state index in [-0.39, 0.29) is 0 Å². The van der Waals surface area contributed by atoms with Crippen LogP contribution in [0, 0.1) is 11.8 Å². The van der Waals surface area contributed by atoms with Crippen LogP contribution in [0.1, 0.15) is 20.8 Å². The topological polar surface area (TPSA) is 9.23 Å². The predicted molar refractivity (Wildman–Crippen MR) is 36.7 cm³/mol. The maximum absolute atomic E-state index is 4.54. The van der Waals surface area contributed by atoms with Crippen LogP contribution in [0.4, 0.5) is 0 Å². The van der Waals surface area contributed by atoms with Crippen LogP contribution in [0.2, 0.25) is 0 Å². The van der Waals surface area contributed by atoms with Gasteiger partial charge in [0.25, 0.3) is 0 Å². The maximum Gasteiger partial charge on any atom is 0.0433 e. The number of hydrogen-bond acceptors (Lipinski definition) is 1. The summed E-state index contributed by atoms with van der Waals surface area (Å²) in [5, 5.41) is 0. The van der Waals surface area contributed by atoms with Crippen molar-refractivity contribution in [3.05, 3.63) is 0 Å². The Bertz CT molecular complexity index is 58.2. The van der Waals surface area contributed by atoms with Gasteiger partial charge in [0.15, 0.2) is 0 Å². The van der Waals surface area contributed by atoms with Gasteiger partial charge in [-0.15, -0.1) is 11.8 Å². The molecule has 0 fully saturated rings. The highest BCUT2D eigenvalue weighted by molar-refractivity contribution is 4.89. The van der Waals surface area contributed by atoms with Crippen molar-refractivity contribution in [3.8, 4) is 11.8 Å². The van der Waals surface area contributed by atoms with Gasteiger partial charge in [0.2, 0.25) is 0 Å². The van der Waals surface area contributed by atoms with Gasteiger partial charge in [-0.25, -0.2) is 0 Å². The van der Waals surface area contributed by atoms with Crippen molar-refractivity contribution in [2.45, 2.75) is 20.8 Å². The molecule has 0 atom stereocenters. The zero-order valence-electron chi connectivity index (χ0n) is 6.12. The molecule has 1 nitrogen and oxygen atoms in total. The molecule has 0 aliphatic carbocycles. The van der Waals surface area contributed by atoms with Crippen molar-refractivity contribution >= 4 is 0 Å². The van der Waals surface area contributed by atoms with E-state index < -0.39 is 0 Å². The van der Waals surface area contributed by atoms with Gasteiger partial charge >= 0.3 is 0 Å². The first-order valence-electron chi connectivity index (χ1n) is 2.65. The molecule has 1 heteroatoms. The van der Waals surface area contributed by atoms with E-state index >= 15 is 0 Å². The van der Waals surface area contributed by atoms with Gasteiger partial charge in [0.1, 0.15) is 0 Å². The molecule has 8 heavy (non-hydrogen) atoms. The molecule has 0 heterocycles. The van der Waals surface area contributed by atoms with E-state index in [0.29, 0.717) is 0 Å². The molecule has 0 amide bonds. The molecule has 0 rings (SSSR count). The zero-order valence-corrected chi connectivity index (χ0v) is 6.12. The standard InChI is InChI=1S/C4H6.C3H8O/c2*1-3-4-2/h1-2H3;3H2,1-2H3. The van der Waals surface area contributed by atoms with E-state index in [1.165, 1.54) is 0 Å². The van der Waals surface area contributed by atoms with E-state index in [4.69, 9.17) is 0 Å². The molecule has 0 radical (unpaired) electrons. The number of hydrogen-bond donors (Lipinski definition) is 0. The van der Waals surface area contributed by atoms with E-state index in [9.17, 15) is 0 Å². The monoisotopic (exact) mass is 114 g/mol. The van der Waals surface area contributed by atoms with Gasteiger partial charge in [-0.2, -0.15) is 0 Å². The van der Waals surface area contributed by atoms with E-state index in [2.05, 4.69) is 16.6 Å². The first-order valence-corrected chi connectivity index (χ1v) is 2.65. The summed E-state index contributed by atoms with van der Waals surface area (Å²) in [5.74, 6) is 5.36. The van der Waals surface area contributed by atoms with Crippen molar-refractivity contribution < 1.29 is 4.74 Å². The Kier molecular flexibility index (Phi) is 21.0. The maximum atomic E-state index is 4.54. The Morgan fingerprint density at radius 2 is 1.50 bits per heavy atom. The lowest BCUT2D eigenvalue weighted by Crippen LogP contribution is -1.73. The second-order valence-electron chi connectivity index (χ2n) is 1.08. The van der Waals surface area contributed by atoms with Crippen LogP contribution in [0.15, 0.2) is 0 Å². The van der Waals surface area contributed by atoms with Gasteiger partial charge in [-0.05, 0) is 20.8 Å². The predicted octanol–water partition coefficient (Wildman–Crippen LogP) is 1.68. The molecule has 0 aromatic rings. The molecule has 0 N–H and O–H groups in total. The van der Waals surface area contributed by atoms with Crippen molar-refractivity contribution in [1.29, 1.82) is 0 Å². The summed E-state index contributed by atoms with van der Waals surface area (Å²) in [6, 6.07) is 0. The van der Waals surface area contributed by atoms with Gasteiger partial charge in [0, 0.05) is 13.7 Å². The normalized spacial score (nSPS) is 5.50. The van der Waals surface area contributed by atoms with Crippen LogP contribution in [-0.2, 0) is 4.74 Å². The van der Waals surface area contributed by atoms with E-state index in [1.54, 1.807) is 7.11 Å². The molecule has 0 aromatic heterocycles. The lowest BCUT2D eigenvalue weighted by molar-refractivity contribution is 0.215. The average molecular weight is 114 g/mol. The van der Waals surface area contributed by atoms with Crippen LogP contribution >= 0.6 is 0 Å². The molecule has 0 unspecified atom stereocenters. The first kappa shape index (κ1) is 10.5. The summed E-state index contributed by atoms with van der Waals surface area (Å²) >= 11 is 0. The van der Waals surface area contributed by atoms with Crippen LogP contribution in [0.25, 0.3) is 0 Å². The fourth-order valence-corrected chi connectivity index (χ4v) is 0. The van der Waals surface area contributed by atoms with Gasteiger partial charge < -0.3 is 4.74 Å². The first-order chi connectivity index (χ1) is 3.83. The second kappa shape index (κ2) is 16.0. The summed E-state index contributed by atoms with van der Waals surface area (Å²) in [4.78, 5) is 0. The largest absolute Gasteiger partial charge is 0.385 e. The van der Waals surface area contributed by atoms with Gasteiger partial charge in [-0.1, -0.05) is 0 Å². The van der Waals surface area contributed by atoms with Crippen LogP contribution in [0.3, 0.4) is 0 Å². The third-order valence-electron chi connectivity index (χ3n) is 0.539. The van der Waals surface area contributed by atoms with Gasteiger partial charge in [0.05, 0.1) is 0 Å². The molecule has 0 saturated carbocycles. The molecule has 0 saturated heterocycles. The highest BCUT2D eigenvalue weighted by Crippen LogP contribution is 1.52. The van der Waals surface area contributed by atoms with Crippen molar-refractivity contribution in [2.24, 2.45) is 0 Å². The fraction of sp³-hybridized carbons (Fsp3) is 0.714. The molecular weight excluding hydrogens is 100 g/mol. The van der Waals surface area contributed by atoms with E-state index in [1.807, 2.05) is 20.8 Å². The van der Waals surface area contributed by atoms with Crippen LogP contribution in [0.5, 0.6) is 0 Å². The number of rotatable bonds is 1. The smallest absolute Gasteiger partial charge is 0.0433 e. The van der Waals surface area contributed by atoms with E-state index in [0.717, 1.165) is 6.61 Å². The number of ether oxygens (including phenoxy) is 1. The Morgan fingerprint density at radius 1 is 1.25 bits per heavy atom. The Hall–Kier alpha value is -0.480. The quantitative estimate of drug-likeness (QED) is 0.471. The highest BCUT2D eigenvalue weighted by atomic mass is 16.5. The summed E-state index contributed by atoms with van der Waals surface area (Å²) in [6.07, 6.45) is 0. The fourth-order valence-electron chi connectivity index (χ4n) is 0. The Labute approximate surface area is 52.0 Å². The summed E-state index contributed by atoms with van der Waals surface area (Å²) in [6.45, 7) is 6.42. The molecule has 0 spiro atoms. The highest BCUT2D eigenvalue weighted by Gasteiger charge is 1.51. The van der Waals surface area contributed by atoms with Gasteiger partial charge in [-0.3, -0.25) is 0 Å². The minimum absolute atomic E-state index is 0.819. The third-order valence-corrected chi connectivity index (χ3v) is 0.539. The molecule has 48 valence electrons. The minimum atomic E-state index is 0.819. The minimum Gasteiger partial charge on any atom is -0.385 e. The summed E-state index contributed by atoms with van der Waals surface area (Å²) in [5.41, 5.74) is 0. The summed E-state index contributed by atoms with van der Waals surface area (Å²) in [7, 11) is 1.68. The van der Waals surface area contributed by atoms with Crippen molar-refractivity contribution in [1.82, 2.24) is 0 Å². The van der Waals surface area contributed by atoms with Crippen LogP contribution < -0.4 is 0 Å². The number of methoxy groups -OCH3 is 1. The molecular formula is C7H14O. The van der Waals surface area contributed by atoms with Crippen LogP contribution in [-0.4, -0.2) is 13.7 Å². The SMILES string of the molecule is CC#CC.CCOC. The molecule has 0 aromatic carbocycles. The lowest BCUT2D eigenvalue weighted by Gasteiger charge is -1.76. The van der Waals surface area contributed by atoms with Crippen molar-refractivity contribution in [3.63, 3.8) is 0 Å². The molecule has 0 aliphatic rings. The Balaban J connectivity index is 0. The third kappa shape index (κ3) is 48.8. The molecule has 0 bridgehead atoms.